The minimum atomic E-state index is -0.369. The van der Waals surface area contributed by atoms with Crippen molar-refractivity contribution >= 4 is 11.8 Å². The Balaban J connectivity index is 1.87. The van der Waals surface area contributed by atoms with Gasteiger partial charge in [0.2, 0.25) is 11.8 Å². The molecule has 21 heavy (non-hydrogen) atoms. The molecule has 0 bridgehead atoms. The van der Waals surface area contributed by atoms with Gasteiger partial charge in [-0.15, -0.1) is 0 Å². The number of aromatic nitrogens is 2. The zero-order chi connectivity index (χ0) is 15.4. The van der Waals surface area contributed by atoms with E-state index < -0.39 is 0 Å². The van der Waals surface area contributed by atoms with Crippen molar-refractivity contribution in [2.75, 3.05) is 13.1 Å². The predicted octanol–water partition coefficient (Wildman–Crippen LogP) is -0.252. The van der Waals surface area contributed by atoms with Gasteiger partial charge in [-0.1, -0.05) is 0 Å². The van der Waals surface area contributed by atoms with E-state index in [1.807, 2.05) is 0 Å². The van der Waals surface area contributed by atoms with Gasteiger partial charge in [-0.25, -0.2) is 4.98 Å². The molecule has 1 aliphatic heterocycles. The minimum absolute atomic E-state index is 0.0719. The molecule has 1 aromatic heterocycles. The van der Waals surface area contributed by atoms with Gasteiger partial charge >= 0.3 is 0 Å². The third-order valence-electron chi connectivity index (χ3n) is 3.54. The molecular formula is C14H20N4O3. The lowest BCUT2D eigenvalue weighted by molar-refractivity contribution is -0.136. The van der Waals surface area contributed by atoms with Gasteiger partial charge in [-0.05, 0) is 19.8 Å². The van der Waals surface area contributed by atoms with Crippen LogP contribution in [0.15, 0.2) is 10.9 Å². The lowest BCUT2D eigenvalue weighted by Gasteiger charge is -2.22. The van der Waals surface area contributed by atoms with Gasteiger partial charge in [0, 0.05) is 38.2 Å². The summed E-state index contributed by atoms with van der Waals surface area (Å²) in [6, 6.07) is 1.05. The van der Waals surface area contributed by atoms with Crippen molar-refractivity contribution in [2.24, 2.45) is 0 Å². The van der Waals surface area contributed by atoms with Crippen molar-refractivity contribution in [1.82, 2.24) is 20.2 Å². The molecule has 2 rings (SSSR count). The van der Waals surface area contributed by atoms with Crippen molar-refractivity contribution in [3.05, 3.63) is 27.9 Å². The van der Waals surface area contributed by atoms with E-state index in [1.54, 1.807) is 11.8 Å². The molecule has 0 radical (unpaired) electrons. The SMILES string of the molecule is CC(=O)N1CCC[C@H]1C(=O)NCCc1nc(C)cc(=O)[nH]1. The van der Waals surface area contributed by atoms with Crippen LogP contribution in [0.2, 0.25) is 0 Å². The predicted molar refractivity (Wildman–Crippen MR) is 76.7 cm³/mol. The van der Waals surface area contributed by atoms with Crippen molar-refractivity contribution in [2.45, 2.75) is 39.2 Å². The number of hydrogen-bond acceptors (Lipinski definition) is 4. The van der Waals surface area contributed by atoms with Crippen LogP contribution in [0, 0.1) is 6.92 Å². The van der Waals surface area contributed by atoms with Gasteiger partial charge in [0.15, 0.2) is 0 Å². The molecule has 1 saturated heterocycles. The van der Waals surface area contributed by atoms with E-state index in [9.17, 15) is 14.4 Å². The Kier molecular flexibility index (Phi) is 4.72. The van der Waals surface area contributed by atoms with E-state index in [0.29, 0.717) is 37.4 Å². The van der Waals surface area contributed by atoms with Crippen LogP contribution in [0.4, 0.5) is 0 Å². The van der Waals surface area contributed by atoms with Gasteiger partial charge in [-0.2, -0.15) is 0 Å². The summed E-state index contributed by atoms with van der Waals surface area (Å²) in [6.45, 7) is 4.25. The minimum Gasteiger partial charge on any atom is -0.354 e. The lowest BCUT2D eigenvalue weighted by Crippen LogP contribution is -2.45. The number of rotatable bonds is 4. The first-order valence-electron chi connectivity index (χ1n) is 7.09. The van der Waals surface area contributed by atoms with E-state index in [0.717, 1.165) is 6.42 Å². The van der Waals surface area contributed by atoms with Crippen molar-refractivity contribution in [3.8, 4) is 0 Å². The first-order chi connectivity index (χ1) is 9.97. The summed E-state index contributed by atoms with van der Waals surface area (Å²) >= 11 is 0. The number of amides is 2. The van der Waals surface area contributed by atoms with E-state index in [1.165, 1.54) is 13.0 Å². The number of nitrogens with zero attached hydrogens (tertiary/aromatic N) is 2. The van der Waals surface area contributed by atoms with Gasteiger partial charge in [0.1, 0.15) is 11.9 Å². The summed E-state index contributed by atoms with van der Waals surface area (Å²) in [7, 11) is 0. The maximum Gasteiger partial charge on any atom is 0.251 e. The van der Waals surface area contributed by atoms with Crippen molar-refractivity contribution < 1.29 is 9.59 Å². The molecule has 7 heteroatoms. The van der Waals surface area contributed by atoms with E-state index >= 15 is 0 Å². The lowest BCUT2D eigenvalue weighted by atomic mass is 10.2. The molecule has 1 aliphatic rings. The standard InChI is InChI=1S/C14H20N4O3/c1-9-8-13(20)17-12(16-9)5-6-15-14(21)11-4-3-7-18(11)10(2)19/h8,11H,3-7H2,1-2H3,(H,15,21)(H,16,17,20)/t11-/m0/s1. The van der Waals surface area contributed by atoms with Gasteiger partial charge in [-0.3, -0.25) is 14.4 Å². The number of likely N-dealkylation sites (tertiary alicyclic amines) is 1. The van der Waals surface area contributed by atoms with Crippen molar-refractivity contribution in [1.29, 1.82) is 0 Å². The molecule has 0 spiro atoms. The Bertz CT molecular complexity index is 596. The molecule has 7 nitrogen and oxygen atoms in total. The highest BCUT2D eigenvalue weighted by Gasteiger charge is 2.31. The Hall–Kier alpha value is -2.18. The first-order valence-corrected chi connectivity index (χ1v) is 7.09. The molecular weight excluding hydrogens is 272 g/mol. The molecule has 1 atom stereocenters. The summed E-state index contributed by atoms with van der Waals surface area (Å²) in [6.07, 6.45) is 2.00. The number of H-pyrrole nitrogens is 1. The summed E-state index contributed by atoms with van der Waals surface area (Å²) in [5.41, 5.74) is 0.459. The average Bonchev–Trinajstić information content (AvgIpc) is 2.86. The summed E-state index contributed by atoms with van der Waals surface area (Å²) < 4.78 is 0. The van der Waals surface area contributed by atoms with Crippen LogP contribution in [-0.4, -0.2) is 45.8 Å². The number of aryl methyl sites for hydroxylation is 1. The highest BCUT2D eigenvalue weighted by atomic mass is 16.2. The second kappa shape index (κ2) is 6.51. The largest absolute Gasteiger partial charge is 0.354 e. The maximum absolute atomic E-state index is 12.1. The highest BCUT2D eigenvalue weighted by molar-refractivity contribution is 5.87. The normalized spacial score (nSPS) is 17.8. The fraction of sp³-hybridized carbons (Fsp3) is 0.571. The smallest absolute Gasteiger partial charge is 0.251 e. The van der Waals surface area contributed by atoms with Gasteiger partial charge < -0.3 is 15.2 Å². The van der Waals surface area contributed by atoms with Gasteiger partial charge in [0.05, 0.1) is 0 Å². The Morgan fingerprint density at radius 1 is 1.52 bits per heavy atom. The molecule has 2 amide bonds. The quantitative estimate of drug-likeness (QED) is 0.800. The summed E-state index contributed by atoms with van der Waals surface area (Å²) in [5.74, 6) is 0.338. The summed E-state index contributed by atoms with van der Waals surface area (Å²) in [4.78, 5) is 43.3. The number of carbonyl (C=O) groups is 2. The van der Waals surface area contributed by atoms with E-state index in [4.69, 9.17) is 0 Å². The number of nitrogens with one attached hydrogen (secondary N) is 2. The Morgan fingerprint density at radius 3 is 2.95 bits per heavy atom. The maximum atomic E-state index is 12.1. The average molecular weight is 292 g/mol. The number of aromatic amines is 1. The fourth-order valence-corrected chi connectivity index (χ4v) is 2.60. The number of carbonyl (C=O) groups excluding carboxylic acids is 2. The van der Waals surface area contributed by atoms with Crippen LogP contribution < -0.4 is 10.9 Å². The molecule has 0 aliphatic carbocycles. The third-order valence-corrected chi connectivity index (χ3v) is 3.54. The number of hydrogen-bond donors (Lipinski definition) is 2. The third kappa shape index (κ3) is 3.90. The zero-order valence-electron chi connectivity index (χ0n) is 12.3. The molecule has 0 saturated carbocycles. The Labute approximate surface area is 122 Å². The topological polar surface area (TPSA) is 95.2 Å². The summed E-state index contributed by atoms with van der Waals surface area (Å²) in [5, 5.41) is 2.80. The second-order valence-corrected chi connectivity index (χ2v) is 5.24. The van der Waals surface area contributed by atoms with Crippen LogP contribution in [0.25, 0.3) is 0 Å². The highest BCUT2D eigenvalue weighted by Crippen LogP contribution is 2.17. The molecule has 1 aromatic rings. The molecule has 0 aromatic carbocycles. The fourth-order valence-electron chi connectivity index (χ4n) is 2.60. The Morgan fingerprint density at radius 2 is 2.29 bits per heavy atom. The second-order valence-electron chi connectivity index (χ2n) is 5.24. The molecule has 0 unspecified atom stereocenters. The molecule has 1 fully saturated rings. The molecule has 2 N–H and O–H groups in total. The van der Waals surface area contributed by atoms with Crippen LogP contribution in [-0.2, 0) is 16.0 Å². The van der Waals surface area contributed by atoms with Crippen LogP contribution in [0.5, 0.6) is 0 Å². The molecule has 114 valence electrons. The molecule has 2 heterocycles. The van der Waals surface area contributed by atoms with Crippen LogP contribution in [0.3, 0.4) is 0 Å². The monoisotopic (exact) mass is 292 g/mol. The van der Waals surface area contributed by atoms with Gasteiger partial charge in [0.25, 0.3) is 5.56 Å². The van der Waals surface area contributed by atoms with Crippen LogP contribution >= 0.6 is 0 Å². The zero-order valence-corrected chi connectivity index (χ0v) is 12.3. The van der Waals surface area contributed by atoms with E-state index in [-0.39, 0.29) is 23.4 Å². The van der Waals surface area contributed by atoms with E-state index in [2.05, 4.69) is 15.3 Å². The first kappa shape index (κ1) is 15.2. The van der Waals surface area contributed by atoms with Crippen molar-refractivity contribution in [3.63, 3.8) is 0 Å². The van der Waals surface area contributed by atoms with Crippen LogP contribution in [0.1, 0.15) is 31.3 Å².